The van der Waals surface area contributed by atoms with Gasteiger partial charge in [0.25, 0.3) is 5.91 Å². The molecule has 2 heterocycles. The van der Waals surface area contributed by atoms with Crippen molar-refractivity contribution in [1.29, 1.82) is 0 Å². The van der Waals surface area contributed by atoms with Crippen LogP contribution in [-0.2, 0) is 10.0 Å². The molecule has 196 valence electrons. The van der Waals surface area contributed by atoms with Gasteiger partial charge in [-0.1, -0.05) is 42.5 Å². The van der Waals surface area contributed by atoms with Crippen LogP contribution in [0, 0.1) is 6.92 Å². The van der Waals surface area contributed by atoms with E-state index in [1.54, 1.807) is 17.0 Å². The molecule has 0 radical (unpaired) electrons. The Morgan fingerprint density at radius 3 is 2.29 bits per heavy atom. The van der Waals surface area contributed by atoms with E-state index in [1.807, 2.05) is 61.5 Å². The third kappa shape index (κ3) is 4.70. The molecular formula is C29H29N3O5S. The summed E-state index contributed by atoms with van der Waals surface area (Å²) in [5, 5.41) is 0.769. The Bertz CT molecular complexity index is 1610. The van der Waals surface area contributed by atoms with Crippen molar-refractivity contribution in [3.05, 3.63) is 83.9 Å². The molecule has 1 aromatic heterocycles. The summed E-state index contributed by atoms with van der Waals surface area (Å²) in [5.41, 5.74) is 4.06. The lowest BCUT2D eigenvalue weighted by molar-refractivity contribution is 0.0699. The number of piperazine rings is 1. The molecule has 9 heteroatoms. The predicted molar refractivity (Wildman–Crippen MR) is 146 cm³/mol. The van der Waals surface area contributed by atoms with Gasteiger partial charge in [0.2, 0.25) is 10.0 Å². The van der Waals surface area contributed by atoms with Gasteiger partial charge in [-0.3, -0.25) is 4.79 Å². The molecular weight excluding hydrogens is 502 g/mol. The summed E-state index contributed by atoms with van der Waals surface area (Å²) in [6, 6.07) is 22.1. The van der Waals surface area contributed by atoms with Crippen LogP contribution in [0.1, 0.15) is 15.9 Å². The zero-order chi connectivity index (χ0) is 26.9. The SMILES string of the molecule is COc1ccc(OC)c(S(=O)(=O)N2CCN(C(=O)c3cc(-c4ccccc4C)nc4ccccc34)CC2)c1. The fraction of sp³-hybridized carbons (Fsp3) is 0.241. The van der Waals surface area contributed by atoms with E-state index in [4.69, 9.17) is 14.5 Å². The Kier molecular flexibility index (Phi) is 7.05. The Balaban J connectivity index is 1.42. The third-order valence-corrected chi connectivity index (χ3v) is 8.80. The highest BCUT2D eigenvalue weighted by atomic mass is 32.2. The Morgan fingerprint density at radius 2 is 1.58 bits per heavy atom. The normalized spacial score (nSPS) is 14.4. The molecule has 0 spiro atoms. The molecule has 1 aliphatic rings. The van der Waals surface area contributed by atoms with Gasteiger partial charge in [0.15, 0.2) is 0 Å². The summed E-state index contributed by atoms with van der Waals surface area (Å²) in [6.45, 7) is 2.89. The van der Waals surface area contributed by atoms with E-state index in [9.17, 15) is 13.2 Å². The van der Waals surface area contributed by atoms with Crippen molar-refractivity contribution in [2.45, 2.75) is 11.8 Å². The van der Waals surface area contributed by atoms with Crippen molar-refractivity contribution in [2.24, 2.45) is 0 Å². The zero-order valence-corrected chi connectivity index (χ0v) is 22.4. The monoisotopic (exact) mass is 531 g/mol. The second-order valence-electron chi connectivity index (χ2n) is 9.10. The van der Waals surface area contributed by atoms with E-state index in [-0.39, 0.29) is 42.7 Å². The molecule has 8 nitrogen and oxygen atoms in total. The molecule has 0 saturated carbocycles. The molecule has 0 N–H and O–H groups in total. The van der Waals surface area contributed by atoms with Gasteiger partial charge in [-0.2, -0.15) is 4.31 Å². The maximum absolute atomic E-state index is 13.8. The predicted octanol–water partition coefficient (Wildman–Crippen LogP) is 4.37. The Morgan fingerprint density at radius 1 is 0.868 bits per heavy atom. The average molecular weight is 532 g/mol. The molecule has 38 heavy (non-hydrogen) atoms. The number of benzene rings is 3. The summed E-state index contributed by atoms with van der Waals surface area (Å²) in [4.78, 5) is 20.4. The lowest BCUT2D eigenvalue weighted by atomic mass is 10.0. The molecule has 4 aromatic rings. The van der Waals surface area contributed by atoms with E-state index in [0.29, 0.717) is 11.3 Å². The van der Waals surface area contributed by atoms with Crippen molar-refractivity contribution in [2.75, 3.05) is 40.4 Å². The number of methoxy groups -OCH3 is 2. The highest BCUT2D eigenvalue weighted by Crippen LogP contribution is 2.32. The fourth-order valence-corrected chi connectivity index (χ4v) is 6.37. The van der Waals surface area contributed by atoms with Gasteiger partial charge >= 0.3 is 0 Å². The number of sulfonamides is 1. The lowest BCUT2D eigenvalue weighted by Crippen LogP contribution is -2.50. The van der Waals surface area contributed by atoms with Crippen LogP contribution in [-0.4, -0.2) is 68.9 Å². The number of pyridine rings is 1. The molecule has 0 unspecified atom stereocenters. The molecule has 1 aliphatic heterocycles. The summed E-state index contributed by atoms with van der Waals surface area (Å²) in [6.07, 6.45) is 0. The molecule has 0 aliphatic carbocycles. The topological polar surface area (TPSA) is 89.0 Å². The van der Waals surface area contributed by atoms with Crippen molar-refractivity contribution in [1.82, 2.24) is 14.2 Å². The quantitative estimate of drug-likeness (QED) is 0.367. The number of hydrogen-bond donors (Lipinski definition) is 0. The van der Waals surface area contributed by atoms with Gasteiger partial charge in [-0.15, -0.1) is 0 Å². The van der Waals surface area contributed by atoms with Crippen LogP contribution in [0.3, 0.4) is 0 Å². The number of nitrogens with zero attached hydrogens (tertiary/aromatic N) is 3. The summed E-state index contributed by atoms with van der Waals surface area (Å²) >= 11 is 0. The molecule has 1 fully saturated rings. The first-order valence-corrected chi connectivity index (χ1v) is 13.7. The van der Waals surface area contributed by atoms with Gasteiger partial charge in [0, 0.05) is 43.2 Å². The van der Waals surface area contributed by atoms with Crippen LogP contribution in [0.2, 0.25) is 0 Å². The standard InChI is InChI=1S/C29H29N3O5S/c1-20-8-4-5-9-22(20)26-19-24(23-10-6-7-11-25(23)30-26)29(33)31-14-16-32(17-15-31)38(34,35)28-18-21(36-2)12-13-27(28)37-3/h4-13,18-19H,14-17H2,1-3H3. The molecule has 1 saturated heterocycles. The maximum Gasteiger partial charge on any atom is 0.254 e. The van der Waals surface area contributed by atoms with Gasteiger partial charge in [-0.25, -0.2) is 13.4 Å². The number of aromatic nitrogens is 1. The van der Waals surface area contributed by atoms with Crippen LogP contribution in [0.15, 0.2) is 77.7 Å². The Hall–Kier alpha value is -3.95. The first-order valence-electron chi connectivity index (χ1n) is 12.3. The van der Waals surface area contributed by atoms with E-state index < -0.39 is 10.0 Å². The molecule has 0 bridgehead atoms. The van der Waals surface area contributed by atoms with Crippen LogP contribution in [0.4, 0.5) is 0 Å². The average Bonchev–Trinajstić information content (AvgIpc) is 2.96. The number of para-hydroxylation sites is 1. The summed E-state index contributed by atoms with van der Waals surface area (Å²) in [7, 11) is -0.939. The first kappa shape index (κ1) is 25.7. The van der Waals surface area contributed by atoms with E-state index in [0.717, 1.165) is 27.7 Å². The van der Waals surface area contributed by atoms with Crippen LogP contribution in [0.25, 0.3) is 22.2 Å². The first-order chi connectivity index (χ1) is 18.3. The molecule has 5 rings (SSSR count). The van der Waals surface area contributed by atoms with Gasteiger partial charge in [0.05, 0.1) is 31.0 Å². The summed E-state index contributed by atoms with van der Waals surface area (Å²) in [5.74, 6) is 0.526. The Labute approximate surface area is 222 Å². The van der Waals surface area contributed by atoms with Crippen molar-refractivity contribution < 1.29 is 22.7 Å². The van der Waals surface area contributed by atoms with Gasteiger partial charge < -0.3 is 14.4 Å². The number of rotatable bonds is 6. The van der Waals surface area contributed by atoms with Crippen LogP contribution in [0.5, 0.6) is 11.5 Å². The number of fused-ring (bicyclic) bond motifs is 1. The fourth-order valence-electron chi connectivity index (χ4n) is 4.78. The van der Waals surface area contributed by atoms with E-state index in [1.165, 1.54) is 24.6 Å². The van der Waals surface area contributed by atoms with E-state index in [2.05, 4.69) is 0 Å². The van der Waals surface area contributed by atoms with Gasteiger partial charge in [-0.05, 0) is 36.8 Å². The number of hydrogen-bond acceptors (Lipinski definition) is 6. The smallest absolute Gasteiger partial charge is 0.254 e. The van der Waals surface area contributed by atoms with Crippen molar-refractivity contribution in [3.8, 4) is 22.8 Å². The van der Waals surface area contributed by atoms with Crippen molar-refractivity contribution >= 4 is 26.8 Å². The summed E-state index contributed by atoms with van der Waals surface area (Å²) < 4.78 is 38.8. The second-order valence-corrected chi connectivity index (χ2v) is 11.0. The number of aryl methyl sites for hydroxylation is 1. The zero-order valence-electron chi connectivity index (χ0n) is 21.5. The van der Waals surface area contributed by atoms with Crippen LogP contribution < -0.4 is 9.47 Å². The lowest BCUT2D eigenvalue weighted by Gasteiger charge is -2.34. The number of carbonyl (C=O) groups excluding carboxylic acids is 1. The second kappa shape index (κ2) is 10.4. The highest BCUT2D eigenvalue weighted by molar-refractivity contribution is 7.89. The molecule has 3 aromatic carbocycles. The minimum atomic E-state index is -3.85. The number of carbonyl (C=O) groups is 1. The van der Waals surface area contributed by atoms with Crippen molar-refractivity contribution in [3.63, 3.8) is 0 Å². The highest BCUT2D eigenvalue weighted by Gasteiger charge is 2.33. The molecule has 1 amide bonds. The maximum atomic E-state index is 13.8. The largest absolute Gasteiger partial charge is 0.497 e. The van der Waals surface area contributed by atoms with Gasteiger partial charge in [0.1, 0.15) is 16.4 Å². The van der Waals surface area contributed by atoms with E-state index >= 15 is 0 Å². The molecule has 0 atom stereocenters. The minimum absolute atomic E-state index is 0.0436. The van der Waals surface area contributed by atoms with Crippen LogP contribution >= 0.6 is 0 Å². The number of amides is 1. The minimum Gasteiger partial charge on any atom is -0.497 e. The number of ether oxygens (including phenoxy) is 2. The third-order valence-electron chi connectivity index (χ3n) is 6.88.